The van der Waals surface area contributed by atoms with E-state index in [4.69, 9.17) is 16.3 Å². The first-order chi connectivity index (χ1) is 14.7. The van der Waals surface area contributed by atoms with Gasteiger partial charge in [0.15, 0.2) is 0 Å². The fourth-order valence-corrected chi connectivity index (χ4v) is 4.30. The number of hydrogen-bond donors (Lipinski definition) is 1. The van der Waals surface area contributed by atoms with Crippen molar-refractivity contribution < 1.29 is 9.53 Å². The van der Waals surface area contributed by atoms with Crippen LogP contribution in [0.5, 0.6) is 0 Å². The fourth-order valence-electron chi connectivity index (χ4n) is 3.17. The zero-order valence-electron chi connectivity index (χ0n) is 16.5. The topological polar surface area (TPSA) is 69.0 Å². The van der Waals surface area contributed by atoms with Gasteiger partial charge in [-0.3, -0.25) is 10.1 Å². The van der Waals surface area contributed by atoms with Gasteiger partial charge in [-0.15, -0.1) is 11.3 Å². The number of aryl methyl sites for hydroxylation is 1. The molecule has 154 valence electrons. The number of thiazole rings is 1. The summed E-state index contributed by atoms with van der Waals surface area (Å²) in [5.74, 6) is 0.276. The average Bonchev–Trinajstić information content (AvgIpc) is 3.37. The second-order valence-electron chi connectivity index (χ2n) is 6.59. The van der Waals surface area contributed by atoms with Gasteiger partial charge in [0.1, 0.15) is 9.88 Å². The summed E-state index contributed by atoms with van der Waals surface area (Å²) in [6.07, 6.45) is 2.40. The summed E-state index contributed by atoms with van der Waals surface area (Å²) in [7, 11) is 0. The molecule has 0 aliphatic rings. The number of rotatable bonds is 8. The van der Waals surface area contributed by atoms with Crippen LogP contribution in [0.4, 0.5) is 5.95 Å². The third-order valence-corrected chi connectivity index (χ3v) is 5.95. The van der Waals surface area contributed by atoms with E-state index in [9.17, 15) is 4.79 Å². The van der Waals surface area contributed by atoms with Crippen molar-refractivity contribution in [2.24, 2.45) is 0 Å². The maximum atomic E-state index is 12.9. The molecule has 1 N–H and O–H groups in total. The first-order valence-electron chi connectivity index (χ1n) is 9.72. The Kier molecular flexibility index (Phi) is 6.42. The summed E-state index contributed by atoms with van der Waals surface area (Å²) in [6, 6.07) is 15.3. The fraction of sp³-hybridized carbons (Fsp3) is 0.227. The molecule has 2 aromatic carbocycles. The van der Waals surface area contributed by atoms with Crippen molar-refractivity contribution in [3.05, 3.63) is 64.6 Å². The second-order valence-corrected chi connectivity index (χ2v) is 8.03. The molecule has 0 saturated carbocycles. The Labute approximate surface area is 183 Å². The predicted octanol–water partition coefficient (Wildman–Crippen LogP) is 5.49. The number of carbonyl (C=O) groups excluding carboxylic acids is 1. The Bertz CT molecular complexity index is 1170. The van der Waals surface area contributed by atoms with Gasteiger partial charge in [0.2, 0.25) is 5.95 Å². The van der Waals surface area contributed by atoms with Crippen molar-refractivity contribution in [1.29, 1.82) is 0 Å². The highest BCUT2D eigenvalue weighted by atomic mass is 35.5. The summed E-state index contributed by atoms with van der Waals surface area (Å²) in [5, 5.41) is 4.26. The molecular formula is C22H21ClN4O2S. The zero-order valence-corrected chi connectivity index (χ0v) is 18.0. The maximum absolute atomic E-state index is 12.9. The first-order valence-corrected chi connectivity index (χ1v) is 10.9. The third kappa shape index (κ3) is 4.38. The van der Waals surface area contributed by atoms with Gasteiger partial charge in [-0.2, -0.15) is 0 Å². The molecular weight excluding hydrogens is 420 g/mol. The number of hydrogen-bond acceptors (Lipinski definition) is 5. The van der Waals surface area contributed by atoms with E-state index in [0.717, 1.165) is 23.0 Å². The molecule has 30 heavy (non-hydrogen) atoms. The van der Waals surface area contributed by atoms with Gasteiger partial charge in [-0.25, -0.2) is 9.97 Å². The summed E-state index contributed by atoms with van der Waals surface area (Å²) >= 11 is 7.56. The van der Waals surface area contributed by atoms with Crippen molar-refractivity contribution in [2.75, 3.05) is 18.5 Å². The number of fused-ring (bicyclic) bond motifs is 1. The minimum Gasteiger partial charge on any atom is -0.382 e. The number of amides is 1. The Morgan fingerprint density at radius 3 is 2.83 bits per heavy atom. The molecule has 2 heterocycles. The van der Waals surface area contributed by atoms with Gasteiger partial charge in [-0.1, -0.05) is 41.9 Å². The van der Waals surface area contributed by atoms with Crippen molar-refractivity contribution in [3.8, 4) is 10.6 Å². The van der Waals surface area contributed by atoms with Crippen LogP contribution in [0.3, 0.4) is 0 Å². The lowest BCUT2D eigenvalue weighted by atomic mass is 10.2. The average molecular weight is 441 g/mol. The number of benzene rings is 2. The van der Waals surface area contributed by atoms with E-state index in [2.05, 4.69) is 15.3 Å². The van der Waals surface area contributed by atoms with Crippen LogP contribution in [0.25, 0.3) is 21.6 Å². The smallest absolute Gasteiger partial charge is 0.269 e. The molecule has 1 amide bonds. The highest BCUT2D eigenvalue weighted by Crippen LogP contribution is 2.31. The summed E-state index contributed by atoms with van der Waals surface area (Å²) in [6.45, 7) is 4.02. The van der Waals surface area contributed by atoms with Crippen LogP contribution < -0.4 is 5.32 Å². The van der Waals surface area contributed by atoms with Crippen LogP contribution in [0, 0.1) is 0 Å². The number of carbonyl (C=O) groups is 1. The van der Waals surface area contributed by atoms with Crippen LogP contribution >= 0.6 is 22.9 Å². The number of nitrogens with zero attached hydrogens (tertiary/aromatic N) is 3. The normalized spacial score (nSPS) is 11.1. The summed E-state index contributed by atoms with van der Waals surface area (Å²) in [4.78, 5) is 22.4. The van der Waals surface area contributed by atoms with Crippen LogP contribution in [-0.2, 0) is 11.3 Å². The molecule has 2 aromatic heterocycles. The van der Waals surface area contributed by atoms with Gasteiger partial charge < -0.3 is 9.30 Å². The van der Waals surface area contributed by atoms with Crippen LogP contribution in [0.1, 0.15) is 23.0 Å². The Balaban J connectivity index is 1.56. The molecule has 6 nitrogen and oxygen atoms in total. The van der Waals surface area contributed by atoms with Crippen LogP contribution in [-0.4, -0.2) is 33.7 Å². The highest BCUT2D eigenvalue weighted by molar-refractivity contribution is 7.17. The van der Waals surface area contributed by atoms with E-state index >= 15 is 0 Å². The van der Waals surface area contributed by atoms with E-state index in [1.807, 2.05) is 60.0 Å². The van der Waals surface area contributed by atoms with Crippen LogP contribution in [0.2, 0.25) is 5.02 Å². The predicted molar refractivity (Wildman–Crippen MR) is 121 cm³/mol. The second kappa shape index (κ2) is 9.38. The lowest BCUT2D eigenvalue weighted by molar-refractivity contribution is 0.102. The van der Waals surface area contributed by atoms with Gasteiger partial charge in [0.25, 0.3) is 5.91 Å². The monoisotopic (exact) mass is 440 g/mol. The highest BCUT2D eigenvalue weighted by Gasteiger charge is 2.17. The molecule has 8 heteroatoms. The van der Waals surface area contributed by atoms with E-state index in [-0.39, 0.29) is 5.91 Å². The summed E-state index contributed by atoms with van der Waals surface area (Å²) < 4.78 is 7.47. The Hall–Kier alpha value is -2.74. The number of aromatic nitrogens is 3. The van der Waals surface area contributed by atoms with Crippen molar-refractivity contribution in [3.63, 3.8) is 0 Å². The molecule has 0 spiro atoms. The number of para-hydroxylation sites is 2. The molecule has 0 radical (unpaired) electrons. The minimum absolute atomic E-state index is 0.243. The summed E-state index contributed by atoms with van der Waals surface area (Å²) in [5.41, 5.74) is 2.63. The largest absolute Gasteiger partial charge is 0.382 e. The lowest BCUT2D eigenvalue weighted by Crippen LogP contribution is -2.15. The lowest BCUT2D eigenvalue weighted by Gasteiger charge is -2.09. The van der Waals surface area contributed by atoms with Gasteiger partial charge in [0, 0.05) is 25.3 Å². The standard InChI is InChI=1S/C22H21ClN4O2S/c1-2-29-13-7-12-27-18-11-6-5-10-17(18)25-22(27)26-20(28)19-14-24-21(30-19)15-8-3-4-9-16(15)23/h3-6,8-11,14H,2,7,12-13H2,1H3,(H,25,26,28). The molecule has 0 unspecified atom stereocenters. The van der Waals surface area contributed by atoms with E-state index in [0.29, 0.717) is 40.6 Å². The number of halogens is 1. The molecule has 0 bridgehead atoms. The van der Waals surface area contributed by atoms with Crippen LogP contribution in [0.15, 0.2) is 54.7 Å². The van der Waals surface area contributed by atoms with Gasteiger partial charge >= 0.3 is 0 Å². The molecule has 4 aromatic rings. The van der Waals surface area contributed by atoms with Crippen molar-refractivity contribution in [2.45, 2.75) is 19.9 Å². The van der Waals surface area contributed by atoms with E-state index < -0.39 is 0 Å². The SMILES string of the molecule is CCOCCCn1c(NC(=O)c2cnc(-c3ccccc3Cl)s2)nc2ccccc21. The van der Waals surface area contributed by atoms with Crippen molar-refractivity contribution >= 4 is 45.8 Å². The number of ether oxygens (including phenoxy) is 1. The van der Waals surface area contributed by atoms with Crippen molar-refractivity contribution in [1.82, 2.24) is 14.5 Å². The molecule has 0 aliphatic carbocycles. The minimum atomic E-state index is -0.243. The van der Waals surface area contributed by atoms with E-state index in [1.165, 1.54) is 11.3 Å². The van der Waals surface area contributed by atoms with Gasteiger partial charge in [-0.05, 0) is 31.5 Å². The number of imidazole rings is 1. The molecule has 0 atom stereocenters. The quantitative estimate of drug-likeness (QED) is 0.368. The first kappa shape index (κ1) is 20.5. The number of nitrogens with one attached hydrogen (secondary N) is 1. The number of anilines is 1. The molecule has 0 fully saturated rings. The Morgan fingerprint density at radius 2 is 2.00 bits per heavy atom. The Morgan fingerprint density at radius 1 is 1.20 bits per heavy atom. The molecule has 0 aliphatic heterocycles. The maximum Gasteiger partial charge on any atom is 0.269 e. The van der Waals surface area contributed by atoms with E-state index in [1.54, 1.807) is 6.20 Å². The molecule has 4 rings (SSSR count). The van der Waals surface area contributed by atoms with Gasteiger partial charge in [0.05, 0.1) is 22.3 Å². The zero-order chi connectivity index (χ0) is 20.9. The molecule has 0 saturated heterocycles. The third-order valence-electron chi connectivity index (χ3n) is 4.59.